The van der Waals surface area contributed by atoms with E-state index in [1.807, 2.05) is 0 Å². The van der Waals surface area contributed by atoms with Crippen molar-refractivity contribution in [2.24, 2.45) is 0 Å². The number of carbonyl (C=O) groups is 1. The summed E-state index contributed by atoms with van der Waals surface area (Å²) in [5, 5.41) is 9.42. The summed E-state index contributed by atoms with van der Waals surface area (Å²) in [5.74, 6) is -0.343. The van der Waals surface area contributed by atoms with E-state index < -0.39 is 16.1 Å². The molecule has 1 heterocycles. The van der Waals surface area contributed by atoms with E-state index in [0.29, 0.717) is 18.7 Å². The maximum Gasteiger partial charge on any atom is 0.255 e. The third kappa shape index (κ3) is 2.87. The van der Waals surface area contributed by atoms with Crippen LogP contribution >= 0.6 is 17.3 Å². The zero-order chi connectivity index (χ0) is 14.9. The Morgan fingerprint density at radius 1 is 1.40 bits per heavy atom. The quantitative estimate of drug-likeness (QED) is 0.826. The van der Waals surface area contributed by atoms with Crippen molar-refractivity contribution in [3.05, 3.63) is 24.3 Å². The summed E-state index contributed by atoms with van der Waals surface area (Å²) in [6, 6.07) is 6.12. The molecule has 1 saturated heterocycles. The number of hydrogen-bond donors (Lipinski definition) is 1. The second-order valence-electron chi connectivity index (χ2n) is 4.39. The van der Waals surface area contributed by atoms with Crippen LogP contribution in [-0.2, 0) is 14.8 Å². The standard InChI is InChI=1S/C11H16N2O4P2S/c1-12(19-18)20(16,17)9-4-2-8(3-5-9)13-7-6-10(14)11(13)15/h2-5,10,14,19H,6-7,18H2,1H3. The van der Waals surface area contributed by atoms with Crippen LogP contribution in [0.5, 0.6) is 0 Å². The van der Waals surface area contributed by atoms with Crippen molar-refractivity contribution < 1.29 is 18.3 Å². The van der Waals surface area contributed by atoms with Crippen molar-refractivity contribution in [1.82, 2.24) is 4.08 Å². The molecule has 0 aliphatic carbocycles. The molecule has 0 bridgehead atoms. The summed E-state index contributed by atoms with van der Waals surface area (Å²) in [7, 11) is 0.478. The molecule has 1 aromatic rings. The van der Waals surface area contributed by atoms with Gasteiger partial charge in [-0.05, 0) is 32.7 Å². The number of hydrogen-bond acceptors (Lipinski definition) is 4. The highest BCUT2D eigenvalue weighted by molar-refractivity contribution is 8.08. The molecule has 0 spiro atoms. The van der Waals surface area contributed by atoms with Crippen molar-refractivity contribution >= 4 is 39.0 Å². The van der Waals surface area contributed by atoms with Crippen LogP contribution in [0.25, 0.3) is 0 Å². The minimum absolute atomic E-state index is 0.0682. The Labute approximate surface area is 122 Å². The Kier molecular flexibility index (Phi) is 4.77. The monoisotopic (exact) mass is 334 g/mol. The fourth-order valence-corrected chi connectivity index (χ4v) is 4.86. The Bertz CT molecular complexity index is 605. The van der Waals surface area contributed by atoms with Crippen LogP contribution in [0.15, 0.2) is 29.2 Å². The summed E-state index contributed by atoms with van der Waals surface area (Å²) in [4.78, 5) is 13.3. The normalized spacial score (nSPS) is 20.5. The summed E-state index contributed by atoms with van der Waals surface area (Å²) in [6.45, 7) is 0.443. The zero-order valence-corrected chi connectivity index (χ0v) is 13.8. The van der Waals surface area contributed by atoms with Gasteiger partial charge in [0.25, 0.3) is 5.91 Å². The molecule has 2 rings (SSSR count). The molecule has 1 N–H and O–H groups in total. The van der Waals surface area contributed by atoms with Gasteiger partial charge in [0.1, 0.15) is 6.10 Å². The van der Waals surface area contributed by atoms with Crippen molar-refractivity contribution in [3.63, 3.8) is 0 Å². The third-order valence-corrected chi connectivity index (χ3v) is 7.88. The van der Waals surface area contributed by atoms with Gasteiger partial charge in [-0.15, -0.1) is 0 Å². The minimum Gasteiger partial charge on any atom is -0.383 e. The second-order valence-corrected chi connectivity index (χ2v) is 8.39. The van der Waals surface area contributed by atoms with Crippen LogP contribution in [0.4, 0.5) is 5.69 Å². The maximum atomic E-state index is 12.1. The Hall–Kier alpha value is -0.580. The van der Waals surface area contributed by atoms with Gasteiger partial charge in [0, 0.05) is 25.7 Å². The average molecular weight is 334 g/mol. The number of rotatable bonds is 4. The lowest BCUT2D eigenvalue weighted by Gasteiger charge is -2.18. The van der Waals surface area contributed by atoms with Gasteiger partial charge in [0.05, 0.1) is 4.90 Å². The molecule has 3 atom stereocenters. The Morgan fingerprint density at radius 3 is 2.45 bits per heavy atom. The number of aliphatic hydroxyl groups is 1. The molecule has 0 radical (unpaired) electrons. The van der Waals surface area contributed by atoms with Gasteiger partial charge in [-0.2, -0.15) is 4.08 Å². The van der Waals surface area contributed by atoms with Crippen LogP contribution < -0.4 is 4.90 Å². The molecule has 20 heavy (non-hydrogen) atoms. The van der Waals surface area contributed by atoms with Gasteiger partial charge >= 0.3 is 0 Å². The molecule has 0 saturated carbocycles. The van der Waals surface area contributed by atoms with Crippen LogP contribution in [0, 0.1) is 0 Å². The van der Waals surface area contributed by atoms with Gasteiger partial charge in [0.15, 0.2) is 0 Å². The maximum absolute atomic E-state index is 12.1. The van der Waals surface area contributed by atoms with E-state index >= 15 is 0 Å². The summed E-state index contributed by atoms with van der Waals surface area (Å²) < 4.78 is 25.5. The predicted octanol–water partition coefficient (Wildman–Crippen LogP) is 0.788. The molecule has 1 aliphatic rings. The molecule has 1 fully saturated rings. The number of aliphatic hydroxyl groups excluding tert-OH is 1. The van der Waals surface area contributed by atoms with Crippen molar-refractivity contribution in [2.75, 3.05) is 18.5 Å². The highest BCUT2D eigenvalue weighted by Crippen LogP contribution is 2.32. The number of nitrogens with zero attached hydrogens (tertiary/aromatic N) is 2. The minimum atomic E-state index is -3.48. The van der Waals surface area contributed by atoms with E-state index in [0.717, 1.165) is 0 Å². The molecular weight excluding hydrogens is 318 g/mol. The van der Waals surface area contributed by atoms with E-state index in [1.165, 1.54) is 28.2 Å². The Balaban J connectivity index is 2.25. The van der Waals surface area contributed by atoms with Gasteiger partial charge in [-0.3, -0.25) is 4.79 Å². The fourth-order valence-electron chi connectivity index (χ4n) is 1.95. The van der Waals surface area contributed by atoms with E-state index in [9.17, 15) is 18.3 Å². The molecule has 9 heteroatoms. The average Bonchev–Trinajstić information content (AvgIpc) is 2.78. The van der Waals surface area contributed by atoms with E-state index in [2.05, 4.69) is 8.93 Å². The third-order valence-electron chi connectivity index (χ3n) is 3.17. The molecule has 1 aromatic carbocycles. The first-order valence-corrected chi connectivity index (χ1v) is 10.1. The van der Waals surface area contributed by atoms with Crippen LogP contribution in [0.3, 0.4) is 0 Å². The number of anilines is 1. The number of benzene rings is 1. The zero-order valence-electron chi connectivity index (χ0n) is 10.9. The van der Waals surface area contributed by atoms with Gasteiger partial charge < -0.3 is 10.0 Å². The van der Waals surface area contributed by atoms with E-state index in [-0.39, 0.29) is 19.2 Å². The smallest absolute Gasteiger partial charge is 0.255 e. The second kappa shape index (κ2) is 6.04. The molecule has 6 nitrogen and oxygen atoms in total. The molecular formula is C11H16N2O4P2S. The van der Waals surface area contributed by atoms with E-state index in [1.54, 1.807) is 12.1 Å². The molecule has 0 aromatic heterocycles. The summed E-state index contributed by atoms with van der Waals surface area (Å²) in [6.07, 6.45) is -0.557. The number of sulfonamides is 1. The highest BCUT2D eigenvalue weighted by Gasteiger charge is 2.31. The predicted molar refractivity (Wildman–Crippen MR) is 82.4 cm³/mol. The van der Waals surface area contributed by atoms with Crippen molar-refractivity contribution in [3.8, 4) is 0 Å². The molecule has 1 aliphatic heterocycles. The largest absolute Gasteiger partial charge is 0.383 e. The topological polar surface area (TPSA) is 77.9 Å². The van der Waals surface area contributed by atoms with Crippen molar-refractivity contribution in [1.29, 1.82) is 0 Å². The first-order valence-electron chi connectivity index (χ1n) is 5.92. The van der Waals surface area contributed by atoms with Gasteiger partial charge in [-0.1, -0.05) is 8.93 Å². The first-order chi connectivity index (χ1) is 9.37. The Morgan fingerprint density at radius 2 is 2.00 bits per heavy atom. The van der Waals surface area contributed by atoms with Gasteiger partial charge in [0.2, 0.25) is 10.0 Å². The number of carbonyl (C=O) groups excluding carboxylic acids is 1. The van der Waals surface area contributed by atoms with E-state index in [4.69, 9.17) is 0 Å². The summed E-state index contributed by atoms with van der Waals surface area (Å²) in [5.41, 5.74) is 0.599. The lowest BCUT2D eigenvalue weighted by atomic mass is 10.3. The van der Waals surface area contributed by atoms with Gasteiger partial charge in [-0.25, -0.2) is 8.42 Å². The molecule has 3 unspecified atom stereocenters. The number of amides is 1. The van der Waals surface area contributed by atoms with Crippen LogP contribution in [-0.4, -0.2) is 43.2 Å². The van der Waals surface area contributed by atoms with Crippen molar-refractivity contribution in [2.45, 2.75) is 17.4 Å². The first kappa shape index (κ1) is 15.8. The van der Waals surface area contributed by atoms with Crippen LogP contribution in [0.1, 0.15) is 6.42 Å². The lowest BCUT2D eigenvalue weighted by molar-refractivity contribution is -0.123. The van der Waals surface area contributed by atoms with Crippen LogP contribution in [0.2, 0.25) is 0 Å². The highest BCUT2D eigenvalue weighted by atomic mass is 32.2. The fraction of sp³-hybridized carbons (Fsp3) is 0.364. The molecule has 1 amide bonds. The lowest BCUT2D eigenvalue weighted by Crippen LogP contribution is -2.29. The SMILES string of the molecule is CN(PP)S(=O)(=O)c1ccc(N2CCC(O)C2=O)cc1. The summed E-state index contributed by atoms with van der Waals surface area (Å²) >= 11 is 0. The molecule has 110 valence electrons.